The largest absolute Gasteiger partial charge is 0.465 e. The molecule has 2 aromatic rings. The van der Waals surface area contributed by atoms with Gasteiger partial charge in [0.05, 0.1) is 17.6 Å². The lowest BCUT2D eigenvalue weighted by Gasteiger charge is -2.06. The van der Waals surface area contributed by atoms with Crippen LogP contribution in [0.1, 0.15) is 20.0 Å². The van der Waals surface area contributed by atoms with Crippen molar-refractivity contribution >= 4 is 44.8 Å². The first kappa shape index (κ1) is 14.7. The first-order chi connectivity index (χ1) is 9.49. The number of carbonyl (C=O) groups excluding carboxylic acids is 2. The Labute approximate surface area is 126 Å². The number of ether oxygens (including phenoxy) is 1. The van der Waals surface area contributed by atoms with Gasteiger partial charge in [0.2, 0.25) is 0 Å². The van der Waals surface area contributed by atoms with E-state index in [0.717, 1.165) is 16.6 Å². The summed E-state index contributed by atoms with van der Waals surface area (Å²) in [6.45, 7) is 0. The van der Waals surface area contributed by atoms with Gasteiger partial charge in [-0.2, -0.15) is 0 Å². The van der Waals surface area contributed by atoms with E-state index in [2.05, 4.69) is 26.0 Å². The number of benzene rings is 1. The van der Waals surface area contributed by atoms with Crippen molar-refractivity contribution in [3.63, 3.8) is 0 Å². The van der Waals surface area contributed by atoms with Gasteiger partial charge in [0, 0.05) is 15.5 Å². The number of thiophene rings is 1. The molecule has 1 aromatic carbocycles. The molecular formula is C13H9BrFNO3S. The molecule has 4 nitrogen and oxygen atoms in total. The summed E-state index contributed by atoms with van der Waals surface area (Å²) in [5.41, 5.74) is 0.232. The van der Waals surface area contributed by atoms with Gasteiger partial charge in [-0.3, -0.25) is 4.79 Å². The first-order valence-corrected chi connectivity index (χ1v) is 7.11. The lowest BCUT2D eigenvalue weighted by atomic mass is 10.2. The number of esters is 1. The molecule has 0 fully saturated rings. The lowest BCUT2D eigenvalue weighted by Crippen LogP contribution is -2.11. The predicted octanol–water partition coefficient (Wildman–Crippen LogP) is 3.69. The third kappa shape index (κ3) is 3.43. The molecule has 0 aliphatic rings. The Morgan fingerprint density at radius 2 is 2.05 bits per heavy atom. The highest BCUT2D eigenvalue weighted by Crippen LogP contribution is 2.22. The minimum Gasteiger partial charge on any atom is -0.465 e. The highest BCUT2D eigenvalue weighted by Gasteiger charge is 2.13. The third-order valence-electron chi connectivity index (χ3n) is 2.37. The van der Waals surface area contributed by atoms with Crippen LogP contribution in [0.4, 0.5) is 10.1 Å². The van der Waals surface area contributed by atoms with Gasteiger partial charge in [0.25, 0.3) is 5.91 Å². The summed E-state index contributed by atoms with van der Waals surface area (Å²) in [7, 11) is 1.20. The predicted molar refractivity (Wildman–Crippen MR) is 77.7 cm³/mol. The molecule has 104 valence electrons. The van der Waals surface area contributed by atoms with Crippen LogP contribution < -0.4 is 5.32 Å². The van der Waals surface area contributed by atoms with Crippen LogP contribution in [0.5, 0.6) is 0 Å². The molecule has 0 aliphatic heterocycles. The summed E-state index contributed by atoms with van der Waals surface area (Å²) in [5, 5.41) is 4.30. The average Bonchev–Trinajstić information content (AvgIpc) is 2.84. The highest BCUT2D eigenvalue weighted by molar-refractivity contribution is 9.10. The fraction of sp³-hybridized carbons (Fsp3) is 0.0769. The second-order valence-electron chi connectivity index (χ2n) is 3.80. The number of amides is 1. The zero-order valence-electron chi connectivity index (χ0n) is 10.3. The van der Waals surface area contributed by atoms with Crippen LogP contribution in [0.2, 0.25) is 0 Å². The maximum absolute atomic E-state index is 13.4. The monoisotopic (exact) mass is 357 g/mol. The molecule has 0 saturated carbocycles. The van der Waals surface area contributed by atoms with Crippen LogP contribution >= 0.6 is 27.3 Å². The van der Waals surface area contributed by atoms with Crippen molar-refractivity contribution in [2.75, 3.05) is 12.4 Å². The van der Waals surface area contributed by atoms with Crippen LogP contribution in [0.15, 0.2) is 34.1 Å². The number of methoxy groups -OCH3 is 1. The molecule has 1 heterocycles. The third-order valence-corrected chi connectivity index (χ3v) is 4.06. The standard InChI is InChI=1S/C13H9BrFNO3S/c1-19-13(18)7-2-9(15)5-10(3-7)16-12(17)11-4-8(14)6-20-11/h2-6H,1H3,(H,16,17). The van der Waals surface area contributed by atoms with Crippen LogP contribution in [-0.4, -0.2) is 19.0 Å². The number of anilines is 1. The van der Waals surface area contributed by atoms with Gasteiger partial charge < -0.3 is 10.1 Å². The van der Waals surface area contributed by atoms with E-state index in [9.17, 15) is 14.0 Å². The van der Waals surface area contributed by atoms with E-state index in [4.69, 9.17) is 0 Å². The van der Waals surface area contributed by atoms with Crippen molar-refractivity contribution in [3.05, 3.63) is 50.4 Å². The summed E-state index contributed by atoms with van der Waals surface area (Å²) < 4.78 is 18.7. The average molecular weight is 358 g/mol. The van der Waals surface area contributed by atoms with Crippen molar-refractivity contribution < 1.29 is 18.7 Å². The first-order valence-electron chi connectivity index (χ1n) is 5.44. The molecule has 20 heavy (non-hydrogen) atoms. The van der Waals surface area contributed by atoms with E-state index in [1.807, 2.05) is 0 Å². The number of halogens is 2. The molecule has 0 atom stereocenters. The summed E-state index contributed by atoms with van der Waals surface area (Å²) in [6, 6.07) is 5.19. The fourth-order valence-corrected chi connectivity index (χ4v) is 2.84. The highest BCUT2D eigenvalue weighted by atomic mass is 79.9. The van der Waals surface area contributed by atoms with Gasteiger partial charge in [-0.15, -0.1) is 11.3 Å². The van der Waals surface area contributed by atoms with Gasteiger partial charge in [-0.1, -0.05) is 0 Å². The van der Waals surface area contributed by atoms with Crippen LogP contribution in [0.3, 0.4) is 0 Å². The SMILES string of the molecule is COC(=O)c1cc(F)cc(NC(=O)c2cc(Br)cs2)c1. The fourth-order valence-electron chi connectivity index (χ4n) is 1.52. The maximum Gasteiger partial charge on any atom is 0.338 e. The van der Waals surface area contributed by atoms with E-state index in [1.165, 1.54) is 24.5 Å². The smallest absolute Gasteiger partial charge is 0.338 e. The van der Waals surface area contributed by atoms with Crippen molar-refractivity contribution in [1.29, 1.82) is 0 Å². The van der Waals surface area contributed by atoms with Crippen LogP contribution in [-0.2, 0) is 4.74 Å². The number of carbonyl (C=O) groups is 2. The Morgan fingerprint density at radius 3 is 2.65 bits per heavy atom. The lowest BCUT2D eigenvalue weighted by molar-refractivity contribution is 0.0600. The molecule has 2 rings (SSSR count). The van der Waals surface area contributed by atoms with Crippen LogP contribution in [0, 0.1) is 5.82 Å². The number of nitrogens with one attached hydrogen (secondary N) is 1. The van der Waals surface area contributed by atoms with E-state index in [-0.39, 0.29) is 17.2 Å². The van der Waals surface area contributed by atoms with Crippen molar-refractivity contribution in [1.82, 2.24) is 0 Å². The minimum absolute atomic E-state index is 0.0372. The molecular weight excluding hydrogens is 349 g/mol. The topological polar surface area (TPSA) is 55.4 Å². The molecule has 0 bridgehead atoms. The van der Waals surface area contributed by atoms with E-state index >= 15 is 0 Å². The molecule has 0 unspecified atom stereocenters. The number of hydrogen-bond acceptors (Lipinski definition) is 4. The van der Waals surface area contributed by atoms with Gasteiger partial charge in [-0.05, 0) is 40.2 Å². The zero-order valence-corrected chi connectivity index (χ0v) is 12.7. The molecule has 0 aliphatic carbocycles. The Bertz CT molecular complexity index is 671. The number of rotatable bonds is 3. The molecule has 7 heteroatoms. The van der Waals surface area contributed by atoms with Crippen molar-refractivity contribution in [2.24, 2.45) is 0 Å². The Morgan fingerprint density at radius 1 is 1.30 bits per heavy atom. The van der Waals surface area contributed by atoms with Gasteiger partial charge in [0.1, 0.15) is 5.82 Å². The van der Waals surface area contributed by atoms with Gasteiger partial charge >= 0.3 is 5.97 Å². The molecule has 0 spiro atoms. The maximum atomic E-state index is 13.4. The quantitative estimate of drug-likeness (QED) is 0.852. The Kier molecular flexibility index (Phi) is 4.51. The summed E-state index contributed by atoms with van der Waals surface area (Å²) in [6.07, 6.45) is 0. The van der Waals surface area contributed by atoms with E-state index in [1.54, 1.807) is 11.4 Å². The summed E-state index contributed by atoms with van der Waals surface area (Å²) in [5.74, 6) is -1.67. The Hall–Kier alpha value is -1.73. The normalized spacial score (nSPS) is 10.2. The molecule has 1 aromatic heterocycles. The second kappa shape index (κ2) is 6.15. The molecule has 0 radical (unpaired) electrons. The van der Waals surface area contributed by atoms with Crippen molar-refractivity contribution in [3.8, 4) is 0 Å². The van der Waals surface area contributed by atoms with Crippen LogP contribution in [0.25, 0.3) is 0 Å². The van der Waals surface area contributed by atoms with Gasteiger partial charge in [-0.25, -0.2) is 9.18 Å². The second-order valence-corrected chi connectivity index (χ2v) is 5.63. The molecule has 1 N–H and O–H groups in total. The number of hydrogen-bond donors (Lipinski definition) is 1. The molecule has 0 saturated heterocycles. The van der Waals surface area contributed by atoms with E-state index in [0.29, 0.717) is 4.88 Å². The van der Waals surface area contributed by atoms with Crippen molar-refractivity contribution in [2.45, 2.75) is 0 Å². The van der Waals surface area contributed by atoms with Gasteiger partial charge in [0.15, 0.2) is 0 Å². The molecule has 1 amide bonds. The zero-order chi connectivity index (χ0) is 14.7. The minimum atomic E-state index is -0.668. The van der Waals surface area contributed by atoms with E-state index < -0.39 is 11.8 Å². The Balaban J connectivity index is 2.23. The summed E-state index contributed by atoms with van der Waals surface area (Å²) >= 11 is 4.50. The summed E-state index contributed by atoms with van der Waals surface area (Å²) in [4.78, 5) is 23.8.